The Labute approximate surface area is 100 Å². The van der Waals surface area contributed by atoms with Crippen molar-refractivity contribution in [3.8, 4) is 0 Å². The van der Waals surface area contributed by atoms with Crippen LogP contribution in [0.2, 0.25) is 0 Å². The van der Waals surface area contributed by atoms with Crippen molar-refractivity contribution in [1.82, 2.24) is 0 Å². The number of benzene rings is 1. The van der Waals surface area contributed by atoms with Gasteiger partial charge in [0.2, 0.25) is 0 Å². The number of rotatable bonds is 1. The van der Waals surface area contributed by atoms with Gasteiger partial charge >= 0.3 is 6.18 Å². The topological polar surface area (TPSA) is 26.0 Å². The molecule has 0 bridgehead atoms. The standard InChI is InChI=1S/C9H9BrF3N.ClH/c1-5(14)6-3-2-4-7(8(6)10)9(11,12)13;/h2-5H,14H2,1H3;1H. The third kappa shape index (κ3) is 3.36. The molecule has 6 heteroatoms. The summed E-state index contributed by atoms with van der Waals surface area (Å²) in [5.41, 5.74) is 5.30. The van der Waals surface area contributed by atoms with Crippen LogP contribution in [0.25, 0.3) is 0 Å². The van der Waals surface area contributed by atoms with Gasteiger partial charge in [0.25, 0.3) is 0 Å². The molecule has 0 spiro atoms. The van der Waals surface area contributed by atoms with Crippen LogP contribution in [-0.2, 0) is 6.18 Å². The molecule has 0 radical (unpaired) electrons. The largest absolute Gasteiger partial charge is 0.417 e. The molecule has 1 aromatic carbocycles. The van der Waals surface area contributed by atoms with Crippen LogP contribution in [0.4, 0.5) is 13.2 Å². The Kier molecular flexibility index (Phi) is 5.09. The summed E-state index contributed by atoms with van der Waals surface area (Å²) in [7, 11) is 0. The maximum absolute atomic E-state index is 12.4. The van der Waals surface area contributed by atoms with Crippen LogP contribution in [-0.4, -0.2) is 0 Å². The average Bonchev–Trinajstić information content (AvgIpc) is 2.01. The minimum absolute atomic E-state index is 0. The van der Waals surface area contributed by atoms with E-state index in [4.69, 9.17) is 5.73 Å². The highest BCUT2D eigenvalue weighted by molar-refractivity contribution is 9.10. The fourth-order valence-electron chi connectivity index (χ4n) is 1.12. The van der Waals surface area contributed by atoms with E-state index in [1.165, 1.54) is 6.07 Å². The number of hydrogen-bond donors (Lipinski definition) is 1. The lowest BCUT2D eigenvalue weighted by Crippen LogP contribution is -2.11. The van der Waals surface area contributed by atoms with Crippen molar-refractivity contribution in [2.45, 2.75) is 19.1 Å². The lowest BCUT2D eigenvalue weighted by molar-refractivity contribution is -0.138. The molecule has 2 N–H and O–H groups in total. The predicted octanol–water partition coefficient (Wildman–Crippen LogP) is 3.91. The number of halogens is 5. The molecule has 0 aliphatic rings. The van der Waals surface area contributed by atoms with E-state index in [1.807, 2.05) is 0 Å². The maximum atomic E-state index is 12.4. The van der Waals surface area contributed by atoms with Gasteiger partial charge in [-0.3, -0.25) is 0 Å². The van der Waals surface area contributed by atoms with Gasteiger partial charge in [-0.1, -0.05) is 12.1 Å². The summed E-state index contributed by atoms with van der Waals surface area (Å²) in [6.45, 7) is 1.64. The van der Waals surface area contributed by atoms with Crippen LogP contribution in [0.3, 0.4) is 0 Å². The maximum Gasteiger partial charge on any atom is 0.417 e. The van der Waals surface area contributed by atoms with Gasteiger partial charge in [-0.25, -0.2) is 0 Å². The summed E-state index contributed by atoms with van der Waals surface area (Å²) < 4.78 is 37.3. The second-order valence-electron chi connectivity index (χ2n) is 3.00. The SMILES string of the molecule is CC(N)c1cccc(C(F)(F)F)c1Br.Cl. The van der Waals surface area contributed by atoms with Crippen LogP contribution < -0.4 is 5.73 Å². The van der Waals surface area contributed by atoms with Gasteiger partial charge in [0.1, 0.15) is 0 Å². The molecule has 1 rings (SSSR count). The molecular formula is C9H10BrClF3N. The minimum Gasteiger partial charge on any atom is -0.324 e. The Morgan fingerprint density at radius 3 is 2.27 bits per heavy atom. The molecule has 1 unspecified atom stereocenters. The summed E-state index contributed by atoms with van der Waals surface area (Å²) in [5, 5.41) is 0. The van der Waals surface area contributed by atoms with Crippen molar-refractivity contribution < 1.29 is 13.2 Å². The molecular weight excluding hydrogens is 294 g/mol. The van der Waals surface area contributed by atoms with E-state index >= 15 is 0 Å². The average molecular weight is 305 g/mol. The normalized spacial score (nSPS) is 13.2. The Balaban J connectivity index is 0.00000196. The van der Waals surface area contributed by atoms with Crippen LogP contribution in [0.1, 0.15) is 24.1 Å². The molecule has 1 aromatic rings. The molecule has 0 fully saturated rings. The van der Waals surface area contributed by atoms with Crippen molar-refractivity contribution in [1.29, 1.82) is 0 Å². The Morgan fingerprint density at radius 1 is 1.33 bits per heavy atom. The molecule has 0 aromatic heterocycles. The van der Waals surface area contributed by atoms with E-state index in [1.54, 1.807) is 13.0 Å². The number of nitrogens with two attached hydrogens (primary N) is 1. The highest BCUT2D eigenvalue weighted by Crippen LogP contribution is 2.37. The van der Waals surface area contributed by atoms with Gasteiger partial charge in [-0.05, 0) is 34.5 Å². The molecule has 0 aliphatic carbocycles. The second kappa shape index (κ2) is 5.18. The van der Waals surface area contributed by atoms with Crippen molar-refractivity contribution >= 4 is 28.3 Å². The first-order chi connectivity index (χ1) is 6.34. The van der Waals surface area contributed by atoms with E-state index in [0.29, 0.717) is 5.56 Å². The summed E-state index contributed by atoms with van der Waals surface area (Å²) in [5.74, 6) is 0. The van der Waals surface area contributed by atoms with Gasteiger partial charge in [0, 0.05) is 10.5 Å². The highest BCUT2D eigenvalue weighted by Gasteiger charge is 2.33. The van der Waals surface area contributed by atoms with Crippen LogP contribution in [0, 0.1) is 0 Å². The van der Waals surface area contributed by atoms with Gasteiger partial charge in [0.05, 0.1) is 5.56 Å². The van der Waals surface area contributed by atoms with E-state index in [0.717, 1.165) is 6.07 Å². The van der Waals surface area contributed by atoms with Crippen molar-refractivity contribution in [3.05, 3.63) is 33.8 Å². The first-order valence-corrected chi connectivity index (χ1v) is 4.74. The summed E-state index contributed by atoms with van der Waals surface area (Å²) in [6, 6.07) is 3.53. The molecule has 1 nitrogen and oxygen atoms in total. The Bertz CT molecular complexity index is 339. The molecule has 1 atom stereocenters. The lowest BCUT2D eigenvalue weighted by Gasteiger charge is -2.14. The quantitative estimate of drug-likeness (QED) is 0.836. The molecule has 0 aliphatic heterocycles. The second-order valence-corrected chi connectivity index (χ2v) is 3.79. The van der Waals surface area contributed by atoms with Gasteiger partial charge in [0.15, 0.2) is 0 Å². The fourth-order valence-corrected chi connectivity index (χ4v) is 1.97. The van der Waals surface area contributed by atoms with Gasteiger partial charge in [-0.2, -0.15) is 13.2 Å². The zero-order valence-electron chi connectivity index (χ0n) is 7.81. The monoisotopic (exact) mass is 303 g/mol. The molecule has 0 amide bonds. The van der Waals surface area contributed by atoms with Crippen molar-refractivity contribution in [3.63, 3.8) is 0 Å². The third-order valence-electron chi connectivity index (χ3n) is 1.82. The first kappa shape index (κ1) is 14.7. The summed E-state index contributed by atoms with van der Waals surface area (Å²) in [4.78, 5) is 0. The van der Waals surface area contributed by atoms with Crippen molar-refractivity contribution in [2.24, 2.45) is 5.73 Å². The zero-order chi connectivity index (χ0) is 10.9. The zero-order valence-corrected chi connectivity index (χ0v) is 10.2. The molecule has 0 saturated carbocycles. The Hall–Kier alpha value is -0.260. The Morgan fingerprint density at radius 2 is 1.87 bits per heavy atom. The molecule has 15 heavy (non-hydrogen) atoms. The first-order valence-electron chi connectivity index (χ1n) is 3.95. The minimum atomic E-state index is -4.34. The van der Waals surface area contributed by atoms with E-state index < -0.39 is 17.8 Å². The van der Waals surface area contributed by atoms with Crippen molar-refractivity contribution in [2.75, 3.05) is 0 Å². The predicted molar refractivity (Wildman–Crippen MR) is 59.0 cm³/mol. The molecule has 0 saturated heterocycles. The van der Waals surface area contributed by atoms with Crippen LogP contribution >= 0.6 is 28.3 Å². The lowest BCUT2D eigenvalue weighted by atomic mass is 10.1. The molecule has 86 valence electrons. The van der Waals surface area contributed by atoms with Crippen LogP contribution in [0.5, 0.6) is 0 Å². The van der Waals surface area contributed by atoms with E-state index in [9.17, 15) is 13.2 Å². The number of alkyl halides is 3. The smallest absolute Gasteiger partial charge is 0.324 e. The van der Waals surface area contributed by atoms with Gasteiger partial charge < -0.3 is 5.73 Å². The fraction of sp³-hybridized carbons (Fsp3) is 0.333. The summed E-state index contributed by atoms with van der Waals surface area (Å²) in [6.07, 6.45) is -4.34. The van der Waals surface area contributed by atoms with E-state index in [-0.39, 0.29) is 16.9 Å². The van der Waals surface area contributed by atoms with E-state index in [2.05, 4.69) is 15.9 Å². The van der Waals surface area contributed by atoms with Crippen LogP contribution in [0.15, 0.2) is 22.7 Å². The third-order valence-corrected chi connectivity index (χ3v) is 2.71. The highest BCUT2D eigenvalue weighted by atomic mass is 79.9. The van der Waals surface area contributed by atoms with Gasteiger partial charge in [-0.15, -0.1) is 12.4 Å². The summed E-state index contributed by atoms with van der Waals surface area (Å²) >= 11 is 2.92. The molecule has 0 heterocycles. The number of hydrogen-bond acceptors (Lipinski definition) is 1.